The molecule has 2 aromatic rings. The Morgan fingerprint density at radius 3 is 2.64 bits per heavy atom. The number of hydrogen-bond donors (Lipinski definition) is 0. The zero-order valence-corrected chi connectivity index (χ0v) is 16.1. The van der Waals surface area contributed by atoms with Gasteiger partial charge in [-0.3, -0.25) is 0 Å². The smallest absolute Gasteiger partial charge is 0.101 e. The van der Waals surface area contributed by atoms with Crippen LogP contribution in [0.25, 0.3) is 10.8 Å². The molecular weight excluding hydrogens is 612 g/mol. The molecule has 1 nitrogen and oxygen atoms in total. The van der Waals surface area contributed by atoms with Gasteiger partial charge in [0.2, 0.25) is 0 Å². The predicted molar refractivity (Wildman–Crippen MR) is 49.3 cm³/mol. The number of benzene rings is 2. The summed E-state index contributed by atoms with van der Waals surface area (Å²) in [4.78, 5) is 0. The van der Waals surface area contributed by atoms with Gasteiger partial charge in [-0.15, -0.1) is 41.1 Å². The first-order valence-corrected chi connectivity index (χ1v) is 3.84. The third-order valence-electron chi connectivity index (χ3n) is 1.87. The quantitative estimate of drug-likeness (QED) is 0.446. The van der Waals surface area contributed by atoms with Crippen molar-refractivity contribution in [2.75, 3.05) is 7.11 Å². The van der Waals surface area contributed by atoms with E-state index in [9.17, 15) is 0 Å². The maximum Gasteiger partial charge on any atom is 0.101 e. The van der Waals surface area contributed by atoms with Crippen LogP contribution in [0.15, 0.2) is 36.4 Å². The molecule has 14 heavy (non-hydrogen) atoms. The summed E-state index contributed by atoms with van der Waals surface area (Å²) >= 11 is 0. The molecule has 0 saturated carbocycles. The standard InChI is InChI=1S/C11H9O.2Th/c1-12-11-7-6-9-4-2-3-5-10(9)8-11;;/h2-3,5-8H,1H3;;/q-1;;. The van der Waals surface area contributed by atoms with Crippen LogP contribution in [-0.2, 0) is 0 Å². The molecule has 0 saturated heterocycles. The fourth-order valence-electron chi connectivity index (χ4n) is 1.23. The van der Waals surface area contributed by atoms with Crippen LogP contribution in [-0.4, -0.2) is 7.11 Å². The normalized spacial score (nSPS) is 8.64. The largest absolute Gasteiger partial charge is 0.498 e. The summed E-state index contributed by atoms with van der Waals surface area (Å²) in [5.74, 6) is 0.891. The zero-order chi connectivity index (χ0) is 8.39. The van der Waals surface area contributed by atoms with Crippen LogP contribution in [0.5, 0.6) is 5.75 Å². The van der Waals surface area contributed by atoms with E-state index in [0.29, 0.717) is 0 Å². The van der Waals surface area contributed by atoms with Crippen molar-refractivity contribution in [3.05, 3.63) is 42.5 Å². The minimum atomic E-state index is 0. The Kier molecular flexibility index (Phi) is 8.04. The van der Waals surface area contributed by atoms with Crippen LogP contribution in [0.2, 0.25) is 0 Å². The monoisotopic (exact) mass is 621 g/mol. The van der Waals surface area contributed by atoms with Crippen LogP contribution in [0, 0.1) is 85.9 Å². The van der Waals surface area contributed by atoms with Crippen molar-refractivity contribution in [3.63, 3.8) is 0 Å². The Labute approximate surface area is 148 Å². The Morgan fingerprint density at radius 1 is 1.14 bits per heavy atom. The van der Waals surface area contributed by atoms with Crippen LogP contribution >= 0.6 is 0 Å². The second kappa shape index (κ2) is 7.43. The van der Waals surface area contributed by atoms with Gasteiger partial charge in [-0.05, 0) is 0 Å². The van der Waals surface area contributed by atoms with Gasteiger partial charge in [0, 0.05) is 79.9 Å². The molecule has 0 aliphatic heterocycles. The molecule has 0 radical (unpaired) electrons. The molecule has 0 heterocycles. The van der Waals surface area contributed by atoms with Gasteiger partial charge in [0.05, 0.1) is 7.11 Å². The van der Waals surface area contributed by atoms with Crippen LogP contribution < -0.4 is 4.74 Å². The van der Waals surface area contributed by atoms with Crippen LogP contribution in [0.3, 0.4) is 0 Å². The van der Waals surface area contributed by atoms with Crippen LogP contribution in [0.1, 0.15) is 0 Å². The molecule has 3 heteroatoms. The summed E-state index contributed by atoms with van der Waals surface area (Å²) in [7, 11) is 1.67. The Balaban J connectivity index is 0.000000845. The molecule has 2 aromatic carbocycles. The summed E-state index contributed by atoms with van der Waals surface area (Å²) in [5.41, 5.74) is 0. The summed E-state index contributed by atoms with van der Waals surface area (Å²) in [5, 5.41) is 2.29. The molecule has 0 aromatic heterocycles. The van der Waals surface area contributed by atoms with Crippen molar-refractivity contribution in [2.45, 2.75) is 0 Å². The summed E-state index contributed by atoms with van der Waals surface area (Å²) in [6.07, 6.45) is 0. The Morgan fingerprint density at radius 2 is 1.93 bits per heavy atom. The second-order valence-electron chi connectivity index (χ2n) is 2.62. The Hall–Kier alpha value is 1.15. The van der Waals surface area contributed by atoms with Gasteiger partial charge in [0.15, 0.2) is 0 Å². The first kappa shape index (κ1) is 15.1. The van der Waals surface area contributed by atoms with Crippen molar-refractivity contribution >= 4 is 10.8 Å². The van der Waals surface area contributed by atoms with E-state index < -0.39 is 0 Å². The molecule has 0 atom stereocenters. The first-order chi connectivity index (χ1) is 5.90. The first-order valence-electron chi connectivity index (χ1n) is 3.84. The topological polar surface area (TPSA) is 9.23 Å². The maximum absolute atomic E-state index is 5.11. The van der Waals surface area contributed by atoms with Crippen molar-refractivity contribution in [1.29, 1.82) is 0 Å². The van der Waals surface area contributed by atoms with E-state index in [1.165, 1.54) is 0 Å². The molecule has 0 fully saturated rings. The van der Waals surface area contributed by atoms with Gasteiger partial charge >= 0.3 is 0 Å². The van der Waals surface area contributed by atoms with E-state index in [0.717, 1.165) is 16.5 Å². The van der Waals surface area contributed by atoms with E-state index in [1.807, 2.05) is 36.4 Å². The number of rotatable bonds is 1. The third kappa shape index (κ3) is 3.62. The number of hydrogen-bond acceptors (Lipinski definition) is 1. The average Bonchev–Trinajstić information content (AvgIpc) is 2.17. The molecule has 0 bridgehead atoms. The van der Waals surface area contributed by atoms with Gasteiger partial charge in [0.1, 0.15) is 5.75 Å². The fourth-order valence-corrected chi connectivity index (χ4v) is 1.23. The van der Waals surface area contributed by atoms with Gasteiger partial charge < -0.3 is 4.74 Å². The van der Waals surface area contributed by atoms with Crippen LogP contribution in [0.4, 0.5) is 0 Å². The van der Waals surface area contributed by atoms with Gasteiger partial charge in [0.25, 0.3) is 0 Å². The minimum absolute atomic E-state index is 0. The summed E-state index contributed by atoms with van der Waals surface area (Å²) in [6.45, 7) is 0. The van der Waals surface area contributed by atoms with Gasteiger partial charge in [-0.1, -0.05) is 12.1 Å². The van der Waals surface area contributed by atoms with Crippen molar-refractivity contribution in [2.24, 2.45) is 0 Å². The molecule has 0 amide bonds. The van der Waals surface area contributed by atoms with Crippen molar-refractivity contribution in [1.82, 2.24) is 0 Å². The molecule has 68 valence electrons. The van der Waals surface area contributed by atoms with Crippen molar-refractivity contribution in [3.8, 4) is 5.75 Å². The Bertz CT molecular complexity index is 401. The van der Waals surface area contributed by atoms with E-state index in [4.69, 9.17) is 4.74 Å². The summed E-state index contributed by atoms with van der Waals surface area (Å²) in [6, 6.07) is 15.0. The maximum atomic E-state index is 5.11. The van der Waals surface area contributed by atoms with E-state index in [1.54, 1.807) is 7.11 Å². The van der Waals surface area contributed by atoms with Crippen molar-refractivity contribution < 1.29 is 84.6 Å². The predicted octanol–water partition coefficient (Wildman–Crippen LogP) is 2.65. The molecule has 0 unspecified atom stereocenters. The molecule has 0 aliphatic carbocycles. The van der Waals surface area contributed by atoms with E-state index in [-0.39, 0.29) is 79.9 Å². The number of methoxy groups -OCH3 is 1. The second-order valence-corrected chi connectivity index (χ2v) is 2.62. The molecule has 0 spiro atoms. The molecule has 2 rings (SSSR count). The number of ether oxygens (including phenoxy) is 1. The van der Waals surface area contributed by atoms with Gasteiger partial charge in [-0.25, -0.2) is 0 Å². The average molecular weight is 621 g/mol. The molecular formula is C11H9OTh2-. The molecule has 0 aliphatic rings. The fraction of sp³-hybridized carbons (Fsp3) is 0.0909. The molecule has 0 N–H and O–H groups in total. The van der Waals surface area contributed by atoms with Gasteiger partial charge in [-0.2, -0.15) is 0 Å². The van der Waals surface area contributed by atoms with E-state index >= 15 is 0 Å². The minimum Gasteiger partial charge on any atom is -0.498 e. The third-order valence-corrected chi connectivity index (χ3v) is 1.87. The number of fused-ring (bicyclic) bond motifs is 1. The zero-order valence-electron chi connectivity index (χ0n) is 7.87. The van der Waals surface area contributed by atoms with E-state index in [2.05, 4.69) is 6.07 Å². The SMILES string of the molecule is COc1ccc2[c-]cccc2c1.[Th].[Th]. The summed E-state index contributed by atoms with van der Waals surface area (Å²) < 4.78 is 5.11.